The minimum Gasteiger partial charge on any atom is -0.381 e. The molecule has 0 aromatic heterocycles. The highest BCUT2D eigenvalue weighted by Crippen LogP contribution is 2.53. The Morgan fingerprint density at radius 3 is 2.17 bits per heavy atom. The summed E-state index contributed by atoms with van der Waals surface area (Å²) in [5.41, 5.74) is -0.159. The van der Waals surface area contributed by atoms with Gasteiger partial charge in [0.15, 0.2) is 0 Å². The number of nitrogens with zero attached hydrogens (tertiary/aromatic N) is 1. The van der Waals surface area contributed by atoms with Crippen LogP contribution in [0.5, 0.6) is 0 Å². The average molecular weight is 255 g/mol. The molecule has 0 bridgehead atoms. The zero-order valence-corrected chi connectivity index (χ0v) is 12.9. The lowest BCUT2D eigenvalue weighted by molar-refractivity contribution is -0.149. The summed E-state index contributed by atoms with van der Waals surface area (Å²) in [6, 6.07) is 0. The lowest BCUT2D eigenvalue weighted by Crippen LogP contribution is -2.50. The van der Waals surface area contributed by atoms with Crippen LogP contribution >= 0.6 is 0 Å². The molecule has 0 spiro atoms. The van der Waals surface area contributed by atoms with E-state index in [9.17, 15) is 4.79 Å². The topological polar surface area (TPSA) is 29.5 Å². The van der Waals surface area contributed by atoms with Gasteiger partial charge in [0, 0.05) is 26.6 Å². The number of ether oxygens (including phenoxy) is 1. The Labute approximate surface area is 112 Å². The van der Waals surface area contributed by atoms with Crippen LogP contribution in [0.2, 0.25) is 0 Å². The van der Waals surface area contributed by atoms with Crippen LogP contribution in [0.25, 0.3) is 0 Å². The van der Waals surface area contributed by atoms with Crippen LogP contribution in [-0.4, -0.2) is 38.1 Å². The Bertz CT molecular complexity index is 289. The minimum atomic E-state index is -0.288. The van der Waals surface area contributed by atoms with Gasteiger partial charge in [0.2, 0.25) is 5.91 Å². The van der Waals surface area contributed by atoms with Gasteiger partial charge in [-0.15, -0.1) is 0 Å². The molecule has 0 atom stereocenters. The molecule has 0 aromatic rings. The molecule has 0 unspecified atom stereocenters. The number of carbonyl (C=O) groups excluding carboxylic acids is 1. The van der Waals surface area contributed by atoms with Crippen molar-refractivity contribution in [1.82, 2.24) is 4.90 Å². The largest absolute Gasteiger partial charge is 0.381 e. The summed E-state index contributed by atoms with van der Waals surface area (Å²) in [6.07, 6.45) is 5.79. The number of hydrogen-bond donors (Lipinski definition) is 0. The van der Waals surface area contributed by atoms with Crippen LogP contribution < -0.4 is 0 Å². The van der Waals surface area contributed by atoms with Gasteiger partial charge in [-0.3, -0.25) is 4.79 Å². The van der Waals surface area contributed by atoms with Gasteiger partial charge >= 0.3 is 0 Å². The van der Waals surface area contributed by atoms with Crippen molar-refractivity contribution in [2.24, 2.45) is 10.8 Å². The van der Waals surface area contributed by atoms with E-state index < -0.39 is 0 Å². The summed E-state index contributed by atoms with van der Waals surface area (Å²) in [5.74, 6) is 0.250. The summed E-state index contributed by atoms with van der Waals surface area (Å²) in [4.78, 5) is 14.2. The van der Waals surface area contributed by atoms with E-state index in [1.54, 1.807) is 12.0 Å². The first-order valence-electron chi connectivity index (χ1n) is 7.05. The van der Waals surface area contributed by atoms with Crippen molar-refractivity contribution >= 4 is 5.91 Å². The third-order valence-corrected chi connectivity index (χ3v) is 5.17. The molecule has 18 heavy (non-hydrogen) atoms. The minimum absolute atomic E-state index is 0.128. The summed E-state index contributed by atoms with van der Waals surface area (Å²) in [5, 5.41) is 0. The first-order chi connectivity index (χ1) is 8.30. The van der Waals surface area contributed by atoms with Gasteiger partial charge in [-0.1, -0.05) is 20.8 Å². The molecule has 0 radical (unpaired) electrons. The Morgan fingerprint density at radius 1 is 1.33 bits per heavy atom. The molecule has 0 saturated heterocycles. The fourth-order valence-corrected chi connectivity index (χ4v) is 3.59. The van der Waals surface area contributed by atoms with Crippen molar-refractivity contribution in [3.8, 4) is 0 Å². The lowest BCUT2D eigenvalue weighted by Gasteiger charge is -2.50. The number of amides is 1. The molecule has 1 saturated carbocycles. The monoisotopic (exact) mass is 255 g/mol. The van der Waals surface area contributed by atoms with Crippen LogP contribution in [0, 0.1) is 10.8 Å². The maximum atomic E-state index is 12.5. The smallest absolute Gasteiger partial charge is 0.228 e. The quantitative estimate of drug-likeness (QED) is 0.772. The van der Waals surface area contributed by atoms with Crippen molar-refractivity contribution in [1.29, 1.82) is 0 Å². The molecule has 0 aliphatic heterocycles. The zero-order chi connectivity index (χ0) is 14.0. The molecule has 3 heteroatoms. The van der Waals surface area contributed by atoms with E-state index in [2.05, 4.69) is 20.8 Å². The highest BCUT2D eigenvalue weighted by atomic mass is 16.5. The molecule has 0 N–H and O–H groups in total. The van der Waals surface area contributed by atoms with Gasteiger partial charge in [0.25, 0.3) is 0 Å². The van der Waals surface area contributed by atoms with Crippen LogP contribution in [0.1, 0.15) is 52.9 Å². The van der Waals surface area contributed by atoms with E-state index in [0.717, 1.165) is 32.1 Å². The molecular formula is C15H29NO2. The van der Waals surface area contributed by atoms with E-state index in [4.69, 9.17) is 4.74 Å². The molecule has 106 valence electrons. The van der Waals surface area contributed by atoms with Gasteiger partial charge in [-0.25, -0.2) is 0 Å². The van der Waals surface area contributed by atoms with Gasteiger partial charge in [-0.05, 0) is 37.5 Å². The van der Waals surface area contributed by atoms with Crippen molar-refractivity contribution in [2.45, 2.75) is 59.0 Å². The Balaban J connectivity index is 2.92. The van der Waals surface area contributed by atoms with E-state index in [1.807, 2.05) is 14.1 Å². The third-order valence-electron chi connectivity index (χ3n) is 5.17. The van der Waals surface area contributed by atoms with E-state index >= 15 is 0 Å². The van der Waals surface area contributed by atoms with Crippen molar-refractivity contribution in [3.63, 3.8) is 0 Å². The fourth-order valence-electron chi connectivity index (χ4n) is 3.59. The van der Waals surface area contributed by atoms with Crippen molar-refractivity contribution in [3.05, 3.63) is 0 Å². The van der Waals surface area contributed by atoms with E-state index in [-0.39, 0.29) is 16.7 Å². The second-order valence-corrected chi connectivity index (χ2v) is 6.39. The Morgan fingerprint density at radius 2 is 1.83 bits per heavy atom. The molecule has 0 heterocycles. The number of rotatable bonds is 4. The number of hydrogen-bond acceptors (Lipinski definition) is 2. The van der Waals surface area contributed by atoms with Crippen molar-refractivity contribution in [2.75, 3.05) is 21.2 Å². The van der Waals surface area contributed by atoms with Gasteiger partial charge in [-0.2, -0.15) is 0 Å². The van der Waals surface area contributed by atoms with Crippen LogP contribution in [-0.2, 0) is 9.53 Å². The lowest BCUT2D eigenvalue weighted by atomic mass is 9.56. The molecule has 0 aromatic carbocycles. The number of carbonyl (C=O) groups is 1. The average Bonchev–Trinajstić information content (AvgIpc) is 2.37. The van der Waals surface area contributed by atoms with E-state index in [1.165, 1.54) is 0 Å². The van der Waals surface area contributed by atoms with Gasteiger partial charge < -0.3 is 9.64 Å². The van der Waals surface area contributed by atoms with Crippen LogP contribution in [0.3, 0.4) is 0 Å². The maximum Gasteiger partial charge on any atom is 0.228 e. The molecule has 3 nitrogen and oxygen atoms in total. The predicted molar refractivity (Wildman–Crippen MR) is 74.5 cm³/mol. The van der Waals surface area contributed by atoms with Crippen LogP contribution in [0.15, 0.2) is 0 Å². The van der Waals surface area contributed by atoms with Gasteiger partial charge in [0.05, 0.1) is 6.10 Å². The maximum absolute atomic E-state index is 12.5. The first-order valence-corrected chi connectivity index (χ1v) is 7.05. The summed E-state index contributed by atoms with van der Waals surface area (Å²) in [6.45, 7) is 6.45. The third kappa shape index (κ3) is 2.56. The Kier molecular flexibility index (Phi) is 4.82. The molecule has 1 rings (SSSR count). The molecule has 1 amide bonds. The summed E-state index contributed by atoms with van der Waals surface area (Å²) >= 11 is 0. The zero-order valence-electron chi connectivity index (χ0n) is 12.9. The van der Waals surface area contributed by atoms with Gasteiger partial charge in [0.1, 0.15) is 0 Å². The van der Waals surface area contributed by atoms with E-state index in [0.29, 0.717) is 6.10 Å². The standard InChI is InChI=1S/C15H29NO2/c1-7-15(10-8-12(18-6)9-11-15)14(2,3)13(17)16(4)5/h12H,7-11H2,1-6H3. The molecule has 1 aliphatic carbocycles. The number of methoxy groups -OCH3 is 1. The molecular weight excluding hydrogens is 226 g/mol. The second-order valence-electron chi connectivity index (χ2n) is 6.39. The SMILES string of the molecule is CCC1(C(C)(C)C(=O)N(C)C)CCC(OC)CC1. The summed E-state index contributed by atoms with van der Waals surface area (Å²) < 4.78 is 5.45. The molecule has 1 fully saturated rings. The highest BCUT2D eigenvalue weighted by Gasteiger charge is 2.50. The highest BCUT2D eigenvalue weighted by molar-refractivity contribution is 5.82. The van der Waals surface area contributed by atoms with Crippen LogP contribution in [0.4, 0.5) is 0 Å². The Hall–Kier alpha value is -0.570. The first kappa shape index (κ1) is 15.5. The summed E-state index contributed by atoms with van der Waals surface area (Å²) in [7, 11) is 5.50. The predicted octanol–water partition coefficient (Wildman–Crippen LogP) is 3.09. The van der Waals surface area contributed by atoms with Crippen molar-refractivity contribution < 1.29 is 9.53 Å². The second kappa shape index (κ2) is 5.60. The molecule has 1 aliphatic rings. The normalized spacial score (nSPS) is 29.1. The fraction of sp³-hybridized carbons (Fsp3) is 0.933.